The van der Waals surface area contributed by atoms with Crippen LogP contribution in [-0.2, 0) is 4.74 Å². The molecular formula is C20H23N7O. The predicted octanol–water partition coefficient (Wildman–Crippen LogP) is 1.58. The summed E-state index contributed by atoms with van der Waals surface area (Å²) in [5.41, 5.74) is 1.87. The van der Waals surface area contributed by atoms with E-state index in [0.717, 1.165) is 81.0 Å². The lowest BCUT2D eigenvalue weighted by Gasteiger charge is -2.36. The molecule has 4 heterocycles. The zero-order valence-electron chi connectivity index (χ0n) is 15.7. The van der Waals surface area contributed by atoms with Crippen LogP contribution >= 0.6 is 0 Å². The van der Waals surface area contributed by atoms with E-state index < -0.39 is 0 Å². The number of nitrogens with zero attached hydrogens (tertiary/aromatic N) is 7. The van der Waals surface area contributed by atoms with Gasteiger partial charge in [-0.2, -0.15) is 0 Å². The summed E-state index contributed by atoms with van der Waals surface area (Å²) in [6.07, 6.45) is 3.54. The van der Waals surface area contributed by atoms with Gasteiger partial charge in [0.2, 0.25) is 0 Å². The zero-order valence-corrected chi connectivity index (χ0v) is 15.7. The topological polar surface area (TPSA) is 70.5 Å². The Labute approximate surface area is 163 Å². The van der Waals surface area contributed by atoms with Crippen molar-refractivity contribution in [2.24, 2.45) is 0 Å². The molecule has 2 aliphatic heterocycles. The van der Waals surface area contributed by atoms with Crippen molar-refractivity contribution >= 4 is 28.5 Å². The Hall–Kier alpha value is -3.00. The van der Waals surface area contributed by atoms with Crippen LogP contribution in [0.5, 0.6) is 0 Å². The van der Waals surface area contributed by atoms with Crippen molar-refractivity contribution < 1.29 is 4.74 Å². The number of para-hydroxylation sites is 2. The second-order valence-electron chi connectivity index (χ2n) is 7.02. The molecule has 2 saturated heterocycles. The molecule has 2 aliphatic rings. The molecule has 144 valence electrons. The summed E-state index contributed by atoms with van der Waals surface area (Å²) < 4.78 is 5.44. The van der Waals surface area contributed by atoms with E-state index >= 15 is 0 Å². The van der Waals surface area contributed by atoms with Gasteiger partial charge in [-0.25, -0.2) is 15.0 Å². The highest BCUT2D eigenvalue weighted by molar-refractivity contribution is 5.75. The molecule has 0 atom stereocenters. The smallest absolute Gasteiger partial charge is 0.147 e. The minimum absolute atomic E-state index is 0.755. The van der Waals surface area contributed by atoms with Gasteiger partial charge in [0, 0.05) is 45.3 Å². The fourth-order valence-corrected chi connectivity index (χ4v) is 3.74. The maximum atomic E-state index is 5.44. The average Bonchev–Trinajstić information content (AvgIpc) is 2.79. The Morgan fingerprint density at radius 3 is 2.00 bits per heavy atom. The van der Waals surface area contributed by atoms with Crippen LogP contribution in [0.2, 0.25) is 0 Å². The number of fused-ring (bicyclic) bond motifs is 1. The van der Waals surface area contributed by atoms with E-state index in [1.807, 2.05) is 30.5 Å². The first-order valence-corrected chi connectivity index (χ1v) is 9.73. The number of benzene rings is 1. The molecule has 0 N–H and O–H groups in total. The van der Waals surface area contributed by atoms with Gasteiger partial charge in [0.25, 0.3) is 0 Å². The number of piperazine rings is 1. The van der Waals surface area contributed by atoms with Crippen LogP contribution in [0.4, 0.5) is 17.5 Å². The van der Waals surface area contributed by atoms with E-state index in [0.29, 0.717) is 0 Å². The highest BCUT2D eigenvalue weighted by atomic mass is 16.5. The first-order valence-electron chi connectivity index (χ1n) is 9.73. The summed E-state index contributed by atoms with van der Waals surface area (Å²) in [5, 5.41) is 0. The van der Waals surface area contributed by atoms with Crippen LogP contribution in [0.3, 0.4) is 0 Å². The van der Waals surface area contributed by atoms with Gasteiger partial charge in [0.15, 0.2) is 0 Å². The lowest BCUT2D eigenvalue weighted by atomic mass is 10.3. The summed E-state index contributed by atoms with van der Waals surface area (Å²) in [6.45, 7) is 6.85. The zero-order chi connectivity index (χ0) is 18.8. The largest absolute Gasteiger partial charge is 0.378 e. The monoisotopic (exact) mass is 377 g/mol. The molecule has 0 unspecified atom stereocenters. The Morgan fingerprint density at radius 1 is 0.679 bits per heavy atom. The van der Waals surface area contributed by atoms with Gasteiger partial charge in [0.1, 0.15) is 23.8 Å². The van der Waals surface area contributed by atoms with E-state index in [-0.39, 0.29) is 0 Å². The number of rotatable bonds is 3. The summed E-state index contributed by atoms with van der Waals surface area (Å²) in [4.78, 5) is 25.1. The third-order valence-corrected chi connectivity index (χ3v) is 5.34. The van der Waals surface area contributed by atoms with E-state index in [1.165, 1.54) is 0 Å². The Bertz CT molecular complexity index is 952. The Morgan fingerprint density at radius 2 is 1.29 bits per heavy atom. The van der Waals surface area contributed by atoms with Crippen molar-refractivity contribution in [1.82, 2.24) is 19.9 Å². The van der Waals surface area contributed by atoms with E-state index in [9.17, 15) is 0 Å². The second-order valence-corrected chi connectivity index (χ2v) is 7.02. The number of hydrogen-bond acceptors (Lipinski definition) is 8. The molecule has 0 radical (unpaired) electrons. The normalized spacial score (nSPS) is 17.9. The molecule has 0 amide bonds. The van der Waals surface area contributed by atoms with Crippen molar-refractivity contribution in [3.8, 4) is 0 Å². The second kappa shape index (κ2) is 7.55. The van der Waals surface area contributed by atoms with Crippen molar-refractivity contribution in [2.75, 3.05) is 67.2 Å². The number of ether oxygens (including phenoxy) is 1. The molecular weight excluding hydrogens is 354 g/mol. The average molecular weight is 377 g/mol. The number of morpholine rings is 1. The standard InChI is InChI=1S/C20H23N7O/c1-2-4-17-16(3-1)21-14-20(24-17)26-7-5-25(6-8-26)18-13-19(23-15-22-18)27-9-11-28-12-10-27/h1-4,13-15H,5-12H2. The van der Waals surface area contributed by atoms with Gasteiger partial charge >= 0.3 is 0 Å². The summed E-state index contributed by atoms with van der Waals surface area (Å²) in [7, 11) is 0. The van der Waals surface area contributed by atoms with Gasteiger partial charge < -0.3 is 19.4 Å². The first kappa shape index (κ1) is 17.1. The molecule has 2 aromatic heterocycles. The SMILES string of the molecule is c1ccc2nc(N3CCN(c4cc(N5CCOCC5)ncn4)CC3)cnc2c1. The van der Waals surface area contributed by atoms with Gasteiger partial charge in [-0.15, -0.1) is 0 Å². The highest BCUT2D eigenvalue weighted by Crippen LogP contribution is 2.22. The van der Waals surface area contributed by atoms with Crippen LogP contribution < -0.4 is 14.7 Å². The minimum atomic E-state index is 0.755. The maximum Gasteiger partial charge on any atom is 0.147 e. The van der Waals surface area contributed by atoms with E-state index in [4.69, 9.17) is 9.72 Å². The summed E-state index contributed by atoms with van der Waals surface area (Å²) in [5.74, 6) is 2.91. The van der Waals surface area contributed by atoms with Crippen LogP contribution in [-0.4, -0.2) is 72.4 Å². The molecule has 0 spiro atoms. The van der Waals surface area contributed by atoms with E-state index in [2.05, 4.69) is 35.7 Å². The van der Waals surface area contributed by atoms with Crippen molar-refractivity contribution in [1.29, 1.82) is 0 Å². The lowest BCUT2D eigenvalue weighted by molar-refractivity contribution is 0.122. The first-order chi connectivity index (χ1) is 13.9. The number of anilines is 3. The van der Waals surface area contributed by atoms with E-state index in [1.54, 1.807) is 6.33 Å². The van der Waals surface area contributed by atoms with Crippen LogP contribution in [0.1, 0.15) is 0 Å². The van der Waals surface area contributed by atoms with Gasteiger partial charge in [-0.3, -0.25) is 4.98 Å². The van der Waals surface area contributed by atoms with Crippen molar-refractivity contribution in [3.05, 3.63) is 42.9 Å². The molecule has 1 aromatic carbocycles. The van der Waals surface area contributed by atoms with Gasteiger partial charge in [0.05, 0.1) is 30.4 Å². The van der Waals surface area contributed by atoms with Gasteiger partial charge in [-0.05, 0) is 12.1 Å². The molecule has 28 heavy (non-hydrogen) atoms. The molecule has 8 heteroatoms. The molecule has 0 aliphatic carbocycles. The van der Waals surface area contributed by atoms with Crippen LogP contribution in [0.15, 0.2) is 42.9 Å². The molecule has 0 bridgehead atoms. The van der Waals surface area contributed by atoms with Crippen LogP contribution in [0, 0.1) is 0 Å². The maximum absolute atomic E-state index is 5.44. The molecule has 0 saturated carbocycles. The summed E-state index contributed by atoms with van der Waals surface area (Å²) in [6, 6.07) is 10.1. The molecule has 2 fully saturated rings. The quantitative estimate of drug-likeness (QED) is 0.681. The fourth-order valence-electron chi connectivity index (χ4n) is 3.74. The Balaban J connectivity index is 1.27. The van der Waals surface area contributed by atoms with Crippen LogP contribution in [0.25, 0.3) is 11.0 Å². The molecule has 5 rings (SSSR count). The number of aromatic nitrogens is 4. The molecule has 8 nitrogen and oxygen atoms in total. The van der Waals surface area contributed by atoms with Crippen molar-refractivity contribution in [2.45, 2.75) is 0 Å². The third-order valence-electron chi connectivity index (χ3n) is 5.34. The molecule has 3 aromatic rings. The summed E-state index contributed by atoms with van der Waals surface area (Å²) >= 11 is 0. The van der Waals surface area contributed by atoms with Gasteiger partial charge in [-0.1, -0.05) is 12.1 Å². The fraction of sp³-hybridized carbons (Fsp3) is 0.400. The number of hydrogen-bond donors (Lipinski definition) is 0. The Kier molecular flexibility index (Phi) is 4.62. The third kappa shape index (κ3) is 3.43. The predicted molar refractivity (Wildman–Crippen MR) is 109 cm³/mol. The van der Waals surface area contributed by atoms with Crippen molar-refractivity contribution in [3.63, 3.8) is 0 Å². The highest BCUT2D eigenvalue weighted by Gasteiger charge is 2.21. The lowest BCUT2D eigenvalue weighted by Crippen LogP contribution is -2.47. The minimum Gasteiger partial charge on any atom is -0.378 e.